The summed E-state index contributed by atoms with van der Waals surface area (Å²) in [7, 11) is 0. The van der Waals surface area contributed by atoms with Crippen LogP contribution in [0.3, 0.4) is 0 Å². The van der Waals surface area contributed by atoms with Crippen LogP contribution in [0.5, 0.6) is 0 Å². The molecule has 0 saturated carbocycles. The molecule has 1 aromatic carbocycles. The highest BCUT2D eigenvalue weighted by Gasteiger charge is 2.06. The molecule has 14 heavy (non-hydrogen) atoms. The molecule has 0 saturated heterocycles. The van der Waals surface area contributed by atoms with Gasteiger partial charge in [0.25, 0.3) is 0 Å². The van der Waals surface area contributed by atoms with E-state index in [2.05, 4.69) is 4.99 Å². The first-order valence-corrected chi connectivity index (χ1v) is 4.11. The minimum absolute atomic E-state index is 0.0731. The molecule has 0 aliphatic heterocycles. The molecule has 1 rings (SSSR count). The highest BCUT2D eigenvalue weighted by Crippen LogP contribution is 2.22. The molecule has 0 aliphatic rings. The standard InChI is InChI=1S/C10H9NO3/c1-2-7-8(10(13)14)4-3-5-9(7)11-6-12/h3-5H,2H2,1H3,(H,13,14)/p-1. The highest BCUT2D eigenvalue weighted by molar-refractivity contribution is 5.89. The van der Waals surface area contributed by atoms with Crippen molar-refractivity contribution >= 4 is 17.7 Å². The second-order valence-electron chi connectivity index (χ2n) is 2.65. The molecular weight excluding hydrogens is 182 g/mol. The van der Waals surface area contributed by atoms with Crippen LogP contribution in [0.1, 0.15) is 22.8 Å². The van der Waals surface area contributed by atoms with E-state index in [9.17, 15) is 14.7 Å². The summed E-state index contributed by atoms with van der Waals surface area (Å²) < 4.78 is 0. The van der Waals surface area contributed by atoms with Gasteiger partial charge >= 0.3 is 0 Å². The Hall–Kier alpha value is -1.93. The zero-order chi connectivity index (χ0) is 10.6. The molecule has 0 N–H and O–H groups in total. The second-order valence-corrected chi connectivity index (χ2v) is 2.65. The molecule has 0 unspecified atom stereocenters. The van der Waals surface area contributed by atoms with Gasteiger partial charge in [-0.15, -0.1) is 0 Å². The van der Waals surface area contributed by atoms with Crippen molar-refractivity contribution in [3.8, 4) is 0 Å². The first-order valence-electron chi connectivity index (χ1n) is 4.11. The molecular formula is C10H8NO3-. The largest absolute Gasteiger partial charge is 0.545 e. The number of hydrogen-bond acceptors (Lipinski definition) is 4. The number of aliphatic imine (C=N–C) groups is 1. The lowest BCUT2D eigenvalue weighted by Crippen LogP contribution is -2.23. The van der Waals surface area contributed by atoms with Crippen molar-refractivity contribution in [3.63, 3.8) is 0 Å². The van der Waals surface area contributed by atoms with Crippen LogP contribution in [0, 0.1) is 0 Å². The fourth-order valence-electron chi connectivity index (χ4n) is 1.29. The number of hydrogen-bond donors (Lipinski definition) is 0. The Kier molecular flexibility index (Phi) is 3.15. The molecule has 1 aromatic rings. The van der Waals surface area contributed by atoms with Gasteiger partial charge in [-0.1, -0.05) is 19.1 Å². The minimum Gasteiger partial charge on any atom is -0.545 e. The number of benzene rings is 1. The Labute approximate surface area is 80.9 Å². The number of carbonyl (C=O) groups excluding carboxylic acids is 2. The number of rotatable bonds is 3. The third-order valence-corrected chi connectivity index (χ3v) is 1.89. The lowest BCUT2D eigenvalue weighted by Gasteiger charge is -2.09. The average Bonchev–Trinajstić information content (AvgIpc) is 2.18. The van der Waals surface area contributed by atoms with Crippen LogP contribution in [0.4, 0.5) is 5.69 Å². The predicted octanol–water partition coefficient (Wildman–Crippen LogP) is 0.580. The summed E-state index contributed by atoms with van der Waals surface area (Å²) in [5, 5.41) is 10.7. The normalized spacial score (nSPS) is 9.21. The van der Waals surface area contributed by atoms with E-state index in [4.69, 9.17) is 0 Å². The zero-order valence-corrected chi connectivity index (χ0v) is 7.61. The molecule has 0 bridgehead atoms. The molecule has 4 nitrogen and oxygen atoms in total. The molecule has 0 amide bonds. The molecule has 72 valence electrons. The number of carboxylic acid groups (broad SMARTS) is 1. The lowest BCUT2D eigenvalue weighted by molar-refractivity contribution is -0.255. The van der Waals surface area contributed by atoms with Crippen LogP contribution in [0.2, 0.25) is 0 Å². The number of carbonyl (C=O) groups is 1. The van der Waals surface area contributed by atoms with Crippen LogP contribution in [0.15, 0.2) is 23.2 Å². The van der Waals surface area contributed by atoms with Crippen LogP contribution in [-0.2, 0) is 11.2 Å². The summed E-state index contributed by atoms with van der Waals surface area (Å²) in [5.41, 5.74) is 0.907. The van der Waals surface area contributed by atoms with Gasteiger partial charge in [0.05, 0.1) is 11.7 Å². The topological polar surface area (TPSA) is 69.6 Å². The molecule has 0 radical (unpaired) electrons. The van der Waals surface area contributed by atoms with Gasteiger partial charge in [-0.3, -0.25) is 0 Å². The van der Waals surface area contributed by atoms with Crippen molar-refractivity contribution in [1.82, 2.24) is 0 Å². The van der Waals surface area contributed by atoms with Gasteiger partial charge in [0, 0.05) is 5.56 Å². The van der Waals surface area contributed by atoms with Gasteiger partial charge in [0.1, 0.15) is 0 Å². The second kappa shape index (κ2) is 4.35. The van der Waals surface area contributed by atoms with E-state index in [1.54, 1.807) is 13.0 Å². The maximum absolute atomic E-state index is 10.7. The maximum atomic E-state index is 10.7. The van der Waals surface area contributed by atoms with Crippen LogP contribution in [0.25, 0.3) is 0 Å². The lowest BCUT2D eigenvalue weighted by atomic mass is 10.0. The van der Waals surface area contributed by atoms with Crippen molar-refractivity contribution in [2.75, 3.05) is 0 Å². The monoisotopic (exact) mass is 190 g/mol. The number of isocyanates is 1. The summed E-state index contributed by atoms with van der Waals surface area (Å²) >= 11 is 0. The number of nitrogens with zero attached hydrogens (tertiary/aromatic N) is 1. The van der Waals surface area contributed by atoms with Crippen molar-refractivity contribution in [3.05, 3.63) is 29.3 Å². The molecule has 0 spiro atoms. The Morgan fingerprint density at radius 1 is 1.57 bits per heavy atom. The summed E-state index contributed by atoms with van der Waals surface area (Å²) in [6.45, 7) is 1.78. The zero-order valence-electron chi connectivity index (χ0n) is 7.61. The number of aromatic carboxylic acids is 1. The molecule has 0 heterocycles. The van der Waals surface area contributed by atoms with Gasteiger partial charge < -0.3 is 9.90 Å². The number of carboxylic acids is 1. The summed E-state index contributed by atoms with van der Waals surface area (Å²) in [6.07, 6.45) is 1.86. The van der Waals surface area contributed by atoms with E-state index in [1.165, 1.54) is 18.2 Å². The van der Waals surface area contributed by atoms with E-state index >= 15 is 0 Å². The van der Waals surface area contributed by atoms with Crippen LogP contribution < -0.4 is 5.11 Å². The third kappa shape index (κ3) is 1.87. The molecule has 0 aromatic heterocycles. The quantitative estimate of drug-likeness (QED) is 0.517. The van der Waals surface area contributed by atoms with Crippen molar-refractivity contribution in [2.24, 2.45) is 4.99 Å². The Morgan fingerprint density at radius 2 is 2.29 bits per heavy atom. The smallest absolute Gasteiger partial charge is 0.240 e. The predicted molar refractivity (Wildman–Crippen MR) is 47.9 cm³/mol. The van der Waals surface area contributed by atoms with Gasteiger partial charge in [0.2, 0.25) is 6.08 Å². The molecule has 4 heteroatoms. The van der Waals surface area contributed by atoms with Crippen LogP contribution >= 0.6 is 0 Å². The average molecular weight is 190 g/mol. The van der Waals surface area contributed by atoms with E-state index < -0.39 is 5.97 Å². The fraction of sp³-hybridized carbons (Fsp3) is 0.200. The summed E-state index contributed by atoms with van der Waals surface area (Å²) in [6, 6.07) is 4.51. The van der Waals surface area contributed by atoms with Crippen molar-refractivity contribution in [2.45, 2.75) is 13.3 Å². The SMILES string of the molecule is CCc1c(N=C=O)cccc1C(=O)[O-]. The maximum Gasteiger partial charge on any atom is 0.240 e. The van der Waals surface area contributed by atoms with Crippen molar-refractivity contribution in [1.29, 1.82) is 0 Å². The summed E-state index contributed by atoms with van der Waals surface area (Å²) in [5.74, 6) is -1.26. The van der Waals surface area contributed by atoms with Gasteiger partial charge in [0.15, 0.2) is 0 Å². The van der Waals surface area contributed by atoms with E-state index in [0.29, 0.717) is 17.7 Å². The third-order valence-electron chi connectivity index (χ3n) is 1.89. The molecule has 0 aliphatic carbocycles. The van der Waals surface area contributed by atoms with E-state index in [0.717, 1.165) is 0 Å². The van der Waals surface area contributed by atoms with E-state index in [-0.39, 0.29) is 5.56 Å². The van der Waals surface area contributed by atoms with Gasteiger partial charge in [-0.05, 0) is 18.1 Å². The van der Waals surface area contributed by atoms with Gasteiger partial charge in [-0.2, -0.15) is 4.99 Å². The van der Waals surface area contributed by atoms with E-state index in [1.807, 2.05) is 0 Å². The van der Waals surface area contributed by atoms with Crippen molar-refractivity contribution < 1.29 is 14.7 Å². The Morgan fingerprint density at radius 3 is 2.79 bits per heavy atom. The van der Waals surface area contributed by atoms with Gasteiger partial charge in [-0.25, -0.2) is 4.79 Å². The fourth-order valence-corrected chi connectivity index (χ4v) is 1.29. The van der Waals surface area contributed by atoms with Crippen LogP contribution in [-0.4, -0.2) is 12.0 Å². The molecule has 0 atom stereocenters. The molecule has 0 fully saturated rings. The Bertz CT molecular complexity index is 386. The minimum atomic E-state index is -1.26. The first-order chi connectivity index (χ1) is 6.70. The highest BCUT2D eigenvalue weighted by atomic mass is 16.4. The summed E-state index contributed by atoms with van der Waals surface area (Å²) in [4.78, 5) is 24.2. The Balaban J connectivity index is 3.39. The first kappa shape index (κ1) is 10.2.